The molecule has 0 aromatic heterocycles. The number of allylic oxidation sites excluding steroid dienone is 1. The molecule has 0 fully saturated rings. The van der Waals surface area contributed by atoms with Gasteiger partial charge in [-0.3, -0.25) is 0 Å². The van der Waals surface area contributed by atoms with Gasteiger partial charge in [0.2, 0.25) is 0 Å². The van der Waals surface area contributed by atoms with Gasteiger partial charge in [-0.2, -0.15) is 0 Å². The van der Waals surface area contributed by atoms with Gasteiger partial charge in [0.05, 0.1) is 12.4 Å². The fourth-order valence-electron chi connectivity index (χ4n) is 1.83. The zero-order valence-electron chi connectivity index (χ0n) is 12.2. The molecule has 4 N–H and O–H groups in total. The van der Waals surface area contributed by atoms with Crippen LogP contribution in [0.1, 0.15) is 24.8 Å². The summed E-state index contributed by atoms with van der Waals surface area (Å²) in [6.07, 6.45) is 3.05. The van der Waals surface area contributed by atoms with Crippen molar-refractivity contribution in [3.63, 3.8) is 0 Å². The molecule has 0 spiro atoms. The summed E-state index contributed by atoms with van der Waals surface area (Å²) < 4.78 is 5.08. The number of anilines is 1. The molecule has 0 amide bonds. The molecule has 0 heterocycles. The number of ether oxygens (including phenoxy) is 1. The van der Waals surface area contributed by atoms with Crippen molar-refractivity contribution >= 4 is 5.69 Å². The third kappa shape index (κ3) is 6.85. The summed E-state index contributed by atoms with van der Waals surface area (Å²) in [6.45, 7) is 9.13. The third-order valence-electron chi connectivity index (χ3n) is 2.84. The highest BCUT2D eigenvalue weighted by molar-refractivity contribution is 5.48. The van der Waals surface area contributed by atoms with Gasteiger partial charge in [-0.15, -0.1) is 0 Å². The summed E-state index contributed by atoms with van der Waals surface area (Å²) >= 11 is 0. The van der Waals surface area contributed by atoms with Crippen LogP contribution in [0.4, 0.5) is 5.69 Å². The third-order valence-corrected chi connectivity index (χ3v) is 2.84. The van der Waals surface area contributed by atoms with Crippen molar-refractivity contribution in [2.24, 2.45) is 5.73 Å². The lowest BCUT2D eigenvalue weighted by atomic mass is 10.2. The highest BCUT2D eigenvalue weighted by Crippen LogP contribution is 2.14. The monoisotopic (exact) mass is 275 g/mol. The molecule has 0 aliphatic rings. The van der Waals surface area contributed by atoms with E-state index in [1.165, 1.54) is 0 Å². The van der Waals surface area contributed by atoms with Gasteiger partial charge in [0.25, 0.3) is 0 Å². The van der Waals surface area contributed by atoms with Crippen molar-refractivity contribution in [3.05, 3.63) is 54.5 Å². The Morgan fingerprint density at radius 1 is 1.20 bits per heavy atom. The number of benzene rings is 1. The molecule has 0 aliphatic carbocycles. The summed E-state index contributed by atoms with van der Waals surface area (Å²) in [5.41, 5.74) is 8.67. The minimum absolute atomic E-state index is 0.526. The molecule has 0 saturated heterocycles. The van der Waals surface area contributed by atoms with Crippen LogP contribution in [0.25, 0.3) is 0 Å². The first kappa shape index (κ1) is 16.1. The largest absolute Gasteiger partial charge is 0.386 e. The Hall–Kier alpha value is -1.94. The number of rotatable bonds is 10. The van der Waals surface area contributed by atoms with Crippen LogP contribution in [0.2, 0.25) is 0 Å². The van der Waals surface area contributed by atoms with Gasteiger partial charge in [0.1, 0.15) is 0 Å². The van der Waals surface area contributed by atoms with Gasteiger partial charge in [-0.1, -0.05) is 25.3 Å². The molecular weight excluding hydrogens is 250 g/mol. The van der Waals surface area contributed by atoms with Crippen LogP contribution in [0.5, 0.6) is 0 Å². The molecule has 1 aromatic rings. The Kier molecular flexibility index (Phi) is 7.29. The van der Waals surface area contributed by atoms with E-state index in [-0.39, 0.29) is 0 Å². The van der Waals surface area contributed by atoms with Crippen LogP contribution in [0, 0.1) is 0 Å². The Morgan fingerprint density at radius 3 is 2.50 bits per heavy atom. The van der Waals surface area contributed by atoms with Gasteiger partial charge in [-0.05, 0) is 37.0 Å². The molecule has 1 aromatic carbocycles. The maximum atomic E-state index is 5.43. The molecule has 0 bridgehead atoms. The molecule has 0 unspecified atom stereocenters. The SMILES string of the molecule is C=C(N)NCCCCC(=C)Nc1ccc(COC)cc1. The Labute approximate surface area is 121 Å². The number of nitrogens with one attached hydrogen (secondary N) is 2. The minimum Gasteiger partial charge on any atom is -0.386 e. The van der Waals surface area contributed by atoms with Crippen molar-refractivity contribution in [1.82, 2.24) is 5.32 Å². The number of hydrogen-bond donors (Lipinski definition) is 3. The van der Waals surface area contributed by atoms with Gasteiger partial charge >= 0.3 is 0 Å². The molecule has 20 heavy (non-hydrogen) atoms. The van der Waals surface area contributed by atoms with E-state index in [0.29, 0.717) is 12.4 Å². The van der Waals surface area contributed by atoms with Gasteiger partial charge in [0, 0.05) is 25.0 Å². The minimum atomic E-state index is 0.526. The van der Waals surface area contributed by atoms with Crippen LogP contribution in [0.3, 0.4) is 0 Å². The average molecular weight is 275 g/mol. The van der Waals surface area contributed by atoms with E-state index in [2.05, 4.69) is 35.9 Å². The van der Waals surface area contributed by atoms with Crippen molar-refractivity contribution in [1.29, 1.82) is 0 Å². The van der Waals surface area contributed by atoms with Crippen LogP contribution >= 0.6 is 0 Å². The summed E-state index contributed by atoms with van der Waals surface area (Å²) in [5.74, 6) is 0.526. The van der Waals surface area contributed by atoms with E-state index in [9.17, 15) is 0 Å². The smallest absolute Gasteiger partial charge is 0.0885 e. The number of unbranched alkanes of at least 4 members (excludes halogenated alkanes) is 1. The van der Waals surface area contributed by atoms with Crippen LogP contribution in [-0.4, -0.2) is 13.7 Å². The van der Waals surface area contributed by atoms with E-state index in [0.717, 1.165) is 42.8 Å². The zero-order valence-corrected chi connectivity index (χ0v) is 12.2. The van der Waals surface area contributed by atoms with E-state index in [1.807, 2.05) is 12.1 Å². The van der Waals surface area contributed by atoms with Crippen molar-refractivity contribution in [2.75, 3.05) is 19.0 Å². The molecule has 4 nitrogen and oxygen atoms in total. The standard InChI is InChI=1S/C16H25N3O/c1-13(6-4-5-11-18-14(2)17)19-16-9-7-15(8-10-16)12-20-3/h7-10,18-19H,1-2,4-6,11-12,17H2,3H3. The van der Waals surface area contributed by atoms with Gasteiger partial charge in [0.15, 0.2) is 0 Å². The second-order valence-electron chi connectivity index (χ2n) is 4.77. The maximum absolute atomic E-state index is 5.43. The van der Waals surface area contributed by atoms with E-state index in [1.54, 1.807) is 7.11 Å². The molecule has 0 saturated carbocycles. The molecule has 110 valence electrons. The lowest BCUT2D eigenvalue weighted by Gasteiger charge is -2.10. The highest BCUT2D eigenvalue weighted by Gasteiger charge is 1.98. The summed E-state index contributed by atoms with van der Waals surface area (Å²) in [6, 6.07) is 8.19. The van der Waals surface area contributed by atoms with E-state index >= 15 is 0 Å². The van der Waals surface area contributed by atoms with Crippen LogP contribution in [-0.2, 0) is 11.3 Å². The number of methoxy groups -OCH3 is 1. The Bertz CT molecular complexity index is 426. The Balaban J connectivity index is 2.22. The first-order chi connectivity index (χ1) is 9.61. The molecule has 0 aliphatic heterocycles. The summed E-state index contributed by atoms with van der Waals surface area (Å²) in [5, 5.41) is 6.32. The quantitative estimate of drug-likeness (QED) is 0.575. The second kappa shape index (κ2) is 9.04. The average Bonchev–Trinajstić information content (AvgIpc) is 2.40. The van der Waals surface area contributed by atoms with Crippen LogP contribution < -0.4 is 16.4 Å². The first-order valence-corrected chi connectivity index (χ1v) is 6.82. The topological polar surface area (TPSA) is 59.3 Å². The van der Waals surface area contributed by atoms with E-state index < -0.39 is 0 Å². The maximum Gasteiger partial charge on any atom is 0.0885 e. The lowest BCUT2D eigenvalue weighted by molar-refractivity contribution is 0.185. The van der Waals surface area contributed by atoms with Crippen LogP contribution in [0.15, 0.2) is 48.9 Å². The van der Waals surface area contributed by atoms with Crippen molar-refractivity contribution in [2.45, 2.75) is 25.9 Å². The van der Waals surface area contributed by atoms with E-state index in [4.69, 9.17) is 10.5 Å². The normalized spacial score (nSPS) is 10.1. The Morgan fingerprint density at radius 2 is 1.90 bits per heavy atom. The highest BCUT2D eigenvalue weighted by atomic mass is 16.5. The fourth-order valence-corrected chi connectivity index (χ4v) is 1.83. The molecule has 0 radical (unpaired) electrons. The molecule has 1 rings (SSSR count). The van der Waals surface area contributed by atoms with Gasteiger partial charge < -0.3 is 21.1 Å². The zero-order chi connectivity index (χ0) is 14.8. The van der Waals surface area contributed by atoms with Crippen molar-refractivity contribution < 1.29 is 4.74 Å². The molecule has 4 heteroatoms. The number of hydrogen-bond acceptors (Lipinski definition) is 4. The number of nitrogens with two attached hydrogens (primary N) is 1. The second-order valence-corrected chi connectivity index (χ2v) is 4.77. The lowest BCUT2D eigenvalue weighted by Crippen LogP contribution is -2.19. The summed E-state index contributed by atoms with van der Waals surface area (Å²) in [4.78, 5) is 0. The van der Waals surface area contributed by atoms with Crippen molar-refractivity contribution in [3.8, 4) is 0 Å². The van der Waals surface area contributed by atoms with Gasteiger partial charge in [-0.25, -0.2) is 0 Å². The first-order valence-electron chi connectivity index (χ1n) is 6.82. The predicted molar refractivity (Wildman–Crippen MR) is 85.1 cm³/mol. The summed E-state index contributed by atoms with van der Waals surface area (Å²) in [7, 11) is 1.70. The molecule has 0 atom stereocenters. The predicted octanol–water partition coefficient (Wildman–Crippen LogP) is 2.95. The molecular formula is C16H25N3O. The fraction of sp³-hybridized carbons (Fsp3) is 0.375.